The number of aromatic nitrogens is 2. The molecule has 5 aromatic carbocycles. The maximum Gasteiger partial charge on any atom is 0.226 e. The molecule has 0 bridgehead atoms. The summed E-state index contributed by atoms with van der Waals surface area (Å²) in [6.45, 7) is 1.97. The molecule has 1 aliphatic heterocycles. The summed E-state index contributed by atoms with van der Waals surface area (Å²) in [5.41, 5.74) is 5.37. The third-order valence-electron chi connectivity index (χ3n) is 7.83. The molecule has 0 saturated carbocycles. The van der Waals surface area contributed by atoms with Crippen molar-refractivity contribution in [2.24, 2.45) is 4.99 Å². The number of hydrogen-bond acceptors (Lipinski definition) is 8. The zero-order chi connectivity index (χ0) is 32.7. The second-order valence-corrected chi connectivity index (χ2v) is 11.2. The lowest BCUT2D eigenvalue weighted by molar-refractivity contribution is 0.290. The molecule has 0 N–H and O–H groups in total. The van der Waals surface area contributed by atoms with Gasteiger partial charge in [0.25, 0.3) is 0 Å². The number of nitrogens with zero attached hydrogens (tertiary/aromatic N) is 5. The van der Waals surface area contributed by atoms with Gasteiger partial charge < -0.3 is 19.1 Å². The van der Waals surface area contributed by atoms with Crippen molar-refractivity contribution in [1.29, 1.82) is 5.26 Å². The van der Waals surface area contributed by atoms with E-state index in [9.17, 15) is 5.26 Å². The average Bonchev–Trinajstić information content (AvgIpc) is 3.57. The zero-order valence-corrected chi connectivity index (χ0v) is 26.3. The monoisotopic (exact) mass is 629 g/mol. The molecule has 0 unspecified atom stereocenters. The Labute approximate surface area is 279 Å². The van der Waals surface area contributed by atoms with E-state index in [-0.39, 0.29) is 5.88 Å². The van der Waals surface area contributed by atoms with Crippen LogP contribution in [0.25, 0.3) is 22.5 Å². The van der Waals surface area contributed by atoms with Crippen molar-refractivity contribution in [3.63, 3.8) is 0 Å². The molecule has 234 valence electrons. The van der Waals surface area contributed by atoms with Crippen molar-refractivity contribution in [3.8, 4) is 57.6 Å². The summed E-state index contributed by atoms with van der Waals surface area (Å²) in [5, 5.41) is 9.65. The summed E-state index contributed by atoms with van der Waals surface area (Å²) in [6, 6.07) is 44.7. The molecule has 0 atom stereocenters. The number of nitriles is 1. The van der Waals surface area contributed by atoms with Crippen LogP contribution >= 0.6 is 0 Å². The largest absolute Gasteiger partial charge is 0.485 e. The van der Waals surface area contributed by atoms with Crippen molar-refractivity contribution in [2.45, 2.75) is 6.61 Å². The SMILES string of the molecule is CN1CCN=C1c1cccc(Oc2cc(Oc3cc(C#N)ccc3OCc3ccccc3)nc(-c3ccc(-c4ccccc4)cc3)n2)c1. The second-order valence-electron chi connectivity index (χ2n) is 11.2. The van der Waals surface area contributed by atoms with E-state index in [1.165, 1.54) is 0 Å². The van der Waals surface area contributed by atoms with Crippen LogP contribution in [0.2, 0.25) is 0 Å². The molecule has 1 aromatic heterocycles. The summed E-state index contributed by atoms with van der Waals surface area (Å²) >= 11 is 0. The molecule has 0 aliphatic carbocycles. The van der Waals surface area contributed by atoms with Crippen LogP contribution < -0.4 is 14.2 Å². The molecule has 0 radical (unpaired) electrons. The number of ether oxygens (including phenoxy) is 3. The van der Waals surface area contributed by atoms with E-state index in [4.69, 9.17) is 24.2 Å². The van der Waals surface area contributed by atoms with Gasteiger partial charge in [-0.15, -0.1) is 0 Å². The molecule has 0 saturated heterocycles. The minimum atomic E-state index is 0.234. The van der Waals surface area contributed by atoms with E-state index in [2.05, 4.69) is 28.1 Å². The van der Waals surface area contributed by atoms with Gasteiger partial charge in [0.15, 0.2) is 17.3 Å². The Bertz CT molecular complexity index is 2110. The predicted molar refractivity (Wildman–Crippen MR) is 185 cm³/mol. The normalized spacial score (nSPS) is 12.2. The van der Waals surface area contributed by atoms with E-state index in [1.54, 1.807) is 24.3 Å². The molecular formula is C40H31N5O3. The first-order chi connectivity index (χ1) is 23.6. The van der Waals surface area contributed by atoms with Crippen molar-refractivity contribution >= 4 is 5.84 Å². The Kier molecular flexibility index (Phi) is 8.74. The van der Waals surface area contributed by atoms with Crippen LogP contribution in [-0.4, -0.2) is 40.8 Å². The Morgan fingerprint density at radius 3 is 2.08 bits per heavy atom. The van der Waals surface area contributed by atoms with Gasteiger partial charge in [0, 0.05) is 30.8 Å². The van der Waals surface area contributed by atoms with E-state index < -0.39 is 0 Å². The van der Waals surface area contributed by atoms with Crippen LogP contribution in [0.4, 0.5) is 0 Å². The Hall–Kier alpha value is -6.46. The van der Waals surface area contributed by atoms with Gasteiger partial charge in [-0.2, -0.15) is 15.2 Å². The van der Waals surface area contributed by atoms with Gasteiger partial charge in [-0.05, 0) is 41.0 Å². The molecule has 2 heterocycles. The number of benzene rings is 5. The number of amidine groups is 1. The van der Waals surface area contributed by atoms with Crippen LogP contribution in [-0.2, 0) is 6.61 Å². The topological polar surface area (TPSA) is 92.9 Å². The van der Waals surface area contributed by atoms with Crippen molar-refractivity contribution in [1.82, 2.24) is 14.9 Å². The van der Waals surface area contributed by atoms with Crippen LogP contribution in [0.3, 0.4) is 0 Å². The maximum atomic E-state index is 9.65. The van der Waals surface area contributed by atoms with E-state index in [1.807, 2.05) is 104 Å². The maximum absolute atomic E-state index is 9.65. The highest BCUT2D eigenvalue weighted by Crippen LogP contribution is 2.35. The smallest absolute Gasteiger partial charge is 0.226 e. The van der Waals surface area contributed by atoms with Crippen LogP contribution in [0.5, 0.6) is 29.0 Å². The molecule has 6 aromatic rings. The quantitative estimate of drug-likeness (QED) is 0.150. The number of hydrogen-bond donors (Lipinski definition) is 0. The standard InChI is InChI=1S/C40H31N5O3/c1-45-22-21-42-40(45)33-13-8-14-34(24-33)47-37-25-38(44-39(43-37)32-18-16-31(17-19-32)30-11-6-3-7-12-30)48-36-23-29(26-41)15-20-35(36)46-27-28-9-4-2-5-10-28/h2-20,23-25H,21-22,27H2,1H3. The van der Waals surface area contributed by atoms with Gasteiger partial charge in [0.1, 0.15) is 18.2 Å². The Morgan fingerprint density at radius 1 is 0.667 bits per heavy atom. The van der Waals surface area contributed by atoms with Crippen molar-refractivity contribution < 1.29 is 14.2 Å². The van der Waals surface area contributed by atoms with Gasteiger partial charge >= 0.3 is 0 Å². The van der Waals surface area contributed by atoms with Crippen LogP contribution in [0, 0.1) is 11.3 Å². The zero-order valence-electron chi connectivity index (χ0n) is 26.3. The molecule has 1 aliphatic rings. The highest BCUT2D eigenvalue weighted by Gasteiger charge is 2.17. The van der Waals surface area contributed by atoms with E-state index in [0.717, 1.165) is 46.7 Å². The second kappa shape index (κ2) is 13.9. The molecule has 7 rings (SSSR count). The molecule has 0 amide bonds. The van der Waals surface area contributed by atoms with Crippen LogP contribution in [0.15, 0.2) is 138 Å². The first-order valence-corrected chi connectivity index (χ1v) is 15.6. The number of aliphatic imine (C=N–C) groups is 1. The van der Waals surface area contributed by atoms with Crippen molar-refractivity contribution in [3.05, 3.63) is 150 Å². The molecule has 8 heteroatoms. The highest BCUT2D eigenvalue weighted by atomic mass is 16.5. The predicted octanol–water partition coefficient (Wildman–Crippen LogP) is 8.54. The van der Waals surface area contributed by atoms with Gasteiger partial charge in [-0.1, -0.05) is 97.1 Å². The number of likely N-dealkylation sites (N-methyl/N-ethyl adjacent to an activating group) is 1. The molecule has 0 fully saturated rings. The van der Waals surface area contributed by atoms with Gasteiger partial charge in [0.05, 0.1) is 24.2 Å². The summed E-state index contributed by atoms with van der Waals surface area (Å²) in [6.07, 6.45) is 0. The Morgan fingerprint density at radius 2 is 1.35 bits per heavy atom. The third kappa shape index (κ3) is 7.01. The Balaban J connectivity index is 1.24. The first-order valence-electron chi connectivity index (χ1n) is 15.6. The minimum Gasteiger partial charge on any atom is -0.485 e. The summed E-state index contributed by atoms with van der Waals surface area (Å²) in [5.74, 6) is 3.30. The summed E-state index contributed by atoms with van der Waals surface area (Å²) in [7, 11) is 2.03. The van der Waals surface area contributed by atoms with E-state index >= 15 is 0 Å². The first kappa shape index (κ1) is 30.2. The lowest BCUT2D eigenvalue weighted by Crippen LogP contribution is -2.23. The minimum absolute atomic E-state index is 0.234. The third-order valence-corrected chi connectivity index (χ3v) is 7.83. The lowest BCUT2D eigenvalue weighted by Gasteiger charge is -2.15. The summed E-state index contributed by atoms with van der Waals surface area (Å²) < 4.78 is 18.8. The van der Waals surface area contributed by atoms with Crippen molar-refractivity contribution in [2.75, 3.05) is 20.1 Å². The van der Waals surface area contributed by atoms with Crippen LogP contribution in [0.1, 0.15) is 16.7 Å². The molecule has 0 spiro atoms. The fraction of sp³-hybridized carbons (Fsp3) is 0.100. The fourth-order valence-electron chi connectivity index (χ4n) is 5.37. The van der Waals surface area contributed by atoms with Gasteiger partial charge in [-0.25, -0.2) is 0 Å². The van der Waals surface area contributed by atoms with Gasteiger partial charge in [-0.3, -0.25) is 4.99 Å². The van der Waals surface area contributed by atoms with E-state index in [0.29, 0.717) is 41.1 Å². The lowest BCUT2D eigenvalue weighted by atomic mass is 10.0. The molecule has 8 nitrogen and oxygen atoms in total. The highest BCUT2D eigenvalue weighted by molar-refractivity contribution is 5.99. The number of rotatable bonds is 10. The fourth-order valence-corrected chi connectivity index (χ4v) is 5.37. The summed E-state index contributed by atoms with van der Waals surface area (Å²) in [4.78, 5) is 16.3. The van der Waals surface area contributed by atoms with Gasteiger partial charge in [0.2, 0.25) is 11.8 Å². The molecular weight excluding hydrogens is 598 g/mol. The average molecular weight is 630 g/mol. The molecule has 48 heavy (non-hydrogen) atoms.